The molecule has 24 heavy (non-hydrogen) atoms. The Balaban J connectivity index is 3.28. The fourth-order valence-corrected chi connectivity index (χ4v) is 2.20. The molecule has 0 saturated heterocycles. The minimum atomic E-state index is -1.61. The third-order valence-corrected chi connectivity index (χ3v) is 3.54. The van der Waals surface area contributed by atoms with Crippen LogP contribution >= 0.6 is 0 Å². The Hall–Kier alpha value is -1.78. The van der Waals surface area contributed by atoms with Crippen LogP contribution in [0.1, 0.15) is 84.0 Å². The quantitative estimate of drug-likeness (QED) is 0.183. The molecule has 0 aliphatic carbocycles. The van der Waals surface area contributed by atoms with E-state index in [1.54, 1.807) is 0 Å². The zero-order valence-corrected chi connectivity index (χ0v) is 14.9. The maximum absolute atomic E-state index is 11.1. The summed E-state index contributed by atoms with van der Waals surface area (Å²) >= 11 is 0. The van der Waals surface area contributed by atoms with Crippen LogP contribution in [-0.2, 0) is 14.6 Å². The molecule has 0 fully saturated rings. The molecule has 0 aliphatic rings. The molecule has 0 rings (SSSR count). The molecule has 0 radical (unpaired) electrons. The molecule has 0 saturated carbocycles. The fraction of sp³-hybridized carbons (Fsp3) is 0.684. The van der Waals surface area contributed by atoms with Gasteiger partial charge in [-0.1, -0.05) is 63.3 Å². The highest BCUT2D eigenvalue weighted by Crippen LogP contribution is 2.08. The smallest absolute Gasteiger partial charge is 0.447 e. The second kappa shape index (κ2) is 17.6. The van der Waals surface area contributed by atoms with Gasteiger partial charge in [0.25, 0.3) is 0 Å². The highest BCUT2D eigenvalue weighted by Gasteiger charge is 2.06. The highest BCUT2D eigenvalue weighted by atomic mass is 17.2. The van der Waals surface area contributed by atoms with E-state index in [4.69, 9.17) is 5.11 Å². The molecule has 0 spiro atoms. The number of hydrogen-bond acceptors (Lipinski definition) is 4. The van der Waals surface area contributed by atoms with Crippen molar-refractivity contribution in [3.63, 3.8) is 0 Å². The van der Waals surface area contributed by atoms with Crippen molar-refractivity contribution in [3.05, 3.63) is 24.3 Å². The van der Waals surface area contributed by atoms with Crippen LogP contribution in [-0.4, -0.2) is 17.2 Å². The van der Waals surface area contributed by atoms with Gasteiger partial charge in [-0.2, -0.15) is 0 Å². The van der Waals surface area contributed by atoms with E-state index in [0.717, 1.165) is 38.5 Å². The summed E-state index contributed by atoms with van der Waals surface area (Å²) in [5, 5.41) is 8.16. The monoisotopic (exact) mass is 340 g/mol. The third kappa shape index (κ3) is 18.3. The van der Waals surface area contributed by atoms with E-state index in [2.05, 4.69) is 41.0 Å². The van der Waals surface area contributed by atoms with Gasteiger partial charge in [0.05, 0.1) is 6.42 Å². The molecule has 0 heterocycles. The second-order valence-corrected chi connectivity index (χ2v) is 5.79. The van der Waals surface area contributed by atoms with Crippen molar-refractivity contribution in [1.29, 1.82) is 0 Å². The van der Waals surface area contributed by atoms with Gasteiger partial charge in [0.2, 0.25) is 0 Å². The van der Waals surface area contributed by atoms with Crippen molar-refractivity contribution < 1.29 is 24.5 Å². The molecule has 0 bridgehead atoms. The first-order valence-electron chi connectivity index (χ1n) is 9.07. The Morgan fingerprint density at radius 3 is 2.00 bits per heavy atom. The number of carbonyl (C=O) groups is 2. The van der Waals surface area contributed by atoms with Crippen LogP contribution in [0.5, 0.6) is 0 Å². The molecule has 0 atom stereocenters. The largest absolute Gasteiger partial charge is 0.547 e. The molecule has 1 N–H and O–H groups in total. The standard InChI is InChI=1S/C19H32O5/c1-2-3-4-5-6-7-8-9-10-11-12-13-14-15-16-17-18(20)23-24-19(21)22/h6-7,9-10H,2-5,8,11-17H2,1H3,(H,21,22)/b7-6-,10-9-. The summed E-state index contributed by atoms with van der Waals surface area (Å²) in [6, 6.07) is 0. The lowest BCUT2D eigenvalue weighted by molar-refractivity contribution is -0.240. The molecule has 0 aromatic carbocycles. The Bertz CT molecular complexity index is 374. The van der Waals surface area contributed by atoms with Crippen molar-refractivity contribution in [1.82, 2.24) is 0 Å². The molecule has 5 heteroatoms. The van der Waals surface area contributed by atoms with Crippen LogP contribution in [0.15, 0.2) is 24.3 Å². The first-order chi connectivity index (χ1) is 11.7. The van der Waals surface area contributed by atoms with E-state index in [1.165, 1.54) is 25.7 Å². The molecular weight excluding hydrogens is 308 g/mol. The molecule has 0 aliphatic heterocycles. The third-order valence-electron chi connectivity index (χ3n) is 3.54. The lowest BCUT2D eigenvalue weighted by Crippen LogP contribution is -2.08. The van der Waals surface area contributed by atoms with Crippen LogP contribution in [0.2, 0.25) is 0 Å². The lowest BCUT2D eigenvalue weighted by Gasteiger charge is -2.00. The van der Waals surface area contributed by atoms with E-state index in [1.807, 2.05) is 0 Å². The van der Waals surface area contributed by atoms with Crippen molar-refractivity contribution in [3.8, 4) is 0 Å². The summed E-state index contributed by atoms with van der Waals surface area (Å²) in [6.07, 6.45) is 19.7. The van der Waals surface area contributed by atoms with Gasteiger partial charge >= 0.3 is 12.1 Å². The number of unbranched alkanes of at least 4 members (excludes halogenated alkanes) is 8. The van der Waals surface area contributed by atoms with Crippen LogP contribution in [0, 0.1) is 0 Å². The average molecular weight is 340 g/mol. The van der Waals surface area contributed by atoms with Crippen molar-refractivity contribution in [2.75, 3.05) is 0 Å². The summed E-state index contributed by atoms with van der Waals surface area (Å²) in [6.45, 7) is 2.22. The van der Waals surface area contributed by atoms with E-state index in [0.29, 0.717) is 6.42 Å². The fourth-order valence-electron chi connectivity index (χ4n) is 2.20. The van der Waals surface area contributed by atoms with E-state index in [9.17, 15) is 9.59 Å². The van der Waals surface area contributed by atoms with Gasteiger partial charge in [-0.3, -0.25) is 0 Å². The minimum Gasteiger partial charge on any atom is -0.447 e. The van der Waals surface area contributed by atoms with E-state index >= 15 is 0 Å². The molecular formula is C19H32O5. The molecule has 138 valence electrons. The topological polar surface area (TPSA) is 72.8 Å². The zero-order chi connectivity index (χ0) is 17.9. The van der Waals surface area contributed by atoms with E-state index in [-0.39, 0.29) is 6.42 Å². The van der Waals surface area contributed by atoms with E-state index < -0.39 is 12.1 Å². The number of rotatable bonds is 14. The molecule has 0 amide bonds. The average Bonchev–Trinajstić information content (AvgIpc) is 2.56. The number of allylic oxidation sites excluding steroid dienone is 4. The van der Waals surface area contributed by atoms with Gasteiger partial charge in [0.15, 0.2) is 0 Å². The molecule has 5 nitrogen and oxygen atoms in total. The second-order valence-electron chi connectivity index (χ2n) is 5.79. The summed E-state index contributed by atoms with van der Waals surface area (Å²) in [4.78, 5) is 28.9. The van der Waals surface area contributed by atoms with Gasteiger partial charge in [-0.05, 0) is 38.5 Å². The normalized spacial score (nSPS) is 11.2. The summed E-state index contributed by atoms with van der Waals surface area (Å²) in [7, 11) is 0. The van der Waals surface area contributed by atoms with Gasteiger partial charge in [0, 0.05) is 0 Å². The predicted octanol–water partition coefficient (Wildman–Crippen LogP) is 5.95. The molecule has 0 unspecified atom stereocenters. The summed E-state index contributed by atoms with van der Waals surface area (Å²) in [5.74, 6) is -0.636. The maximum atomic E-state index is 11.1. The zero-order valence-electron chi connectivity index (χ0n) is 14.9. The predicted molar refractivity (Wildman–Crippen MR) is 94.6 cm³/mol. The Morgan fingerprint density at radius 2 is 1.38 bits per heavy atom. The SMILES string of the molecule is CCCCC/C=C\C/C=C\CCCCCCCC(=O)OOC(=O)O. The van der Waals surface area contributed by atoms with Crippen molar-refractivity contribution in [2.45, 2.75) is 84.0 Å². The molecule has 0 aromatic heterocycles. The summed E-state index contributed by atoms with van der Waals surface area (Å²) in [5.41, 5.74) is 0. The van der Waals surface area contributed by atoms with Gasteiger partial charge in [0.1, 0.15) is 0 Å². The maximum Gasteiger partial charge on any atom is 0.547 e. The Kier molecular flexibility index (Phi) is 16.3. The highest BCUT2D eigenvalue weighted by molar-refractivity contribution is 5.69. The van der Waals surface area contributed by atoms with Gasteiger partial charge in [-0.15, -0.1) is 0 Å². The first kappa shape index (κ1) is 22.2. The van der Waals surface area contributed by atoms with Crippen LogP contribution in [0.3, 0.4) is 0 Å². The number of hydrogen-bond donors (Lipinski definition) is 1. The minimum absolute atomic E-state index is 0.192. The van der Waals surface area contributed by atoms with Crippen LogP contribution in [0.25, 0.3) is 0 Å². The first-order valence-corrected chi connectivity index (χ1v) is 9.07. The van der Waals surface area contributed by atoms with Crippen LogP contribution in [0.4, 0.5) is 4.79 Å². The Labute approximate surface area is 145 Å². The van der Waals surface area contributed by atoms with Gasteiger partial charge < -0.3 is 5.11 Å². The number of carbonyl (C=O) groups excluding carboxylic acids is 1. The lowest BCUT2D eigenvalue weighted by atomic mass is 10.1. The summed E-state index contributed by atoms with van der Waals surface area (Å²) < 4.78 is 0. The Morgan fingerprint density at radius 1 is 0.792 bits per heavy atom. The number of carboxylic acid groups (broad SMARTS) is 1. The van der Waals surface area contributed by atoms with Crippen molar-refractivity contribution in [2.24, 2.45) is 0 Å². The van der Waals surface area contributed by atoms with Gasteiger partial charge in [-0.25, -0.2) is 19.4 Å². The van der Waals surface area contributed by atoms with Crippen LogP contribution < -0.4 is 0 Å². The van der Waals surface area contributed by atoms with Crippen molar-refractivity contribution >= 4 is 12.1 Å². The molecule has 0 aromatic rings.